The van der Waals surface area contributed by atoms with E-state index in [1.165, 1.54) is 11.3 Å². The highest BCUT2D eigenvalue weighted by molar-refractivity contribution is 7.92. The first-order chi connectivity index (χ1) is 17.8. The number of pyridine rings is 1. The molecule has 1 atom stereocenters. The Hall–Kier alpha value is -3.50. The molecule has 4 heterocycles. The highest BCUT2D eigenvalue weighted by Gasteiger charge is 2.27. The van der Waals surface area contributed by atoms with Crippen molar-refractivity contribution in [2.24, 2.45) is 5.92 Å². The quantitative estimate of drug-likeness (QED) is 0.325. The van der Waals surface area contributed by atoms with Crippen LogP contribution in [0, 0.1) is 5.92 Å². The first-order valence-corrected chi connectivity index (χ1v) is 14.4. The first-order valence-electron chi connectivity index (χ1n) is 12.1. The number of carbonyl (C=O) groups is 1. The topological polar surface area (TPSA) is 103 Å². The number of nitrogens with one attached hydrogen (secondary N) is 1. The fourth-order valence-corrected chi connectivity index (χ4v) is 7.41. The summed E-state index contributed by atoms with van der Waals surface area (Å²) in [6.45, 7) is 4.04. The van der Waals surface area contributed by atoms with Crippen molar-refractivity contribution < 1.29 is 17.9 Å². The van der Waals surface area contributed by atoms with Crippen molar-refractivity contribution >= 4 is 27.5 Å². The predicted octanol–water partition coefficient (Wildman–Crippen LogP) is 5.36. The Bertz CT molecular complexity index is 1490. The molecule has 37 heavy (non-hydrogen) atoms. The Morgan fingerprint density at radius 3 is 2.70 bits per heavy atom. The van der Waals surface area contributed by atoms with Gasteiger partial charge in [-0.05, 0) is 48.1 Å². The van der Waals surface area contributed by atoms with E-state index in [0.29, 0.717) is 17.2 Å². The minimum atomic E-state index is -4.15. The van der Waals surface area contributed by atoms with E-state index in [-0.39, 0.29) is 16.9 Å². The van der Waals surface area contributed by atoms with E-state index >= 15 is 0 Å². The molecule has 5 rings (SSSR count). The molecular formula is C27H28N4O4S2. The van der Waals surface area contributed by atoms with Gasteiger partial charge in [0.1, 0.15) is 16.6 Å². The maximum atomic E-state index is 13.3. The minimum Gasteiger partial charge on any atom is -0.442 e. The summed E-state index contributed by atoms with van der Waals surface area (Å²) in [5.74, 6) is 1.44. The number of nitrogens with zero attached hydrogens (tertiary/aromatic N) is 3. The van der Waals surface area contributed by atoms with Crippen LogP contribution in [0.25, 0.3) is 11.1 Å². The van der Waals surface area contributed by atoms with E-state index in [4.69, 9.17) is 4.74 Å². The van der Waals surface area contributed by atoms with Crippen LogP contribution in [0.4, 0.5) is 4.79 Å². The Morgan fingerprint density at radius 1 is 1.16 bits per heavy atom. The lowest BCUT2D eigenvalue weighted by atomic mass is 10.0. The number of benzene rings is 1. The molecule has 0 spiro atoms. The molecule has 0 saturated heterocycles. The lowest BCUT2D eigenvalue weighted by molar-refractivity contribution is 0.144. The van der Waals surface area contributed by atoms with Gasteiger partial charge in [-0.15, -0.1) is 11.3 Å². The van der Waals surface area contributed by atoms with Crippen LogP contribution in [0.2, 0.25) is 0 Å². The summed E-state index contributed by atoms with van der Waals surface area (Å²) in [7, 11) is -4.15. The van der Waals surface area contributed by atoms with Gasteiger partial charge >= 0.3 is 6.09 Å². The molecule has 10 heteroatoms. The maximum absolute atomic E-state index is 13.3. The largest absolute Gasteiger partial charge is 0.442 e. The zero-order valence-electron chi connectivity index (χ0n) is 20.6. The molecule has 8 nitrogen and oxygen atoms in total. The highest BCUT2D eigenvalue weighted by atomic mass is 32.2. The summed E-state index contributed by atoms with van der Waals surface area (Å²) in [5, 5.41) is 0. The average Bonchev–Trinajstić information content (AvgIpc) is 3.59. The number of ether oxygens (including phenoxy) is 1. The second-order valence-corrected chi connectivity index (χ2v) is 12.5. The van der Waals surface area contributed by atoms with E-state index in [1.54, 1.807) is 24.4 Å². The minimum absolute atomic E-state index is 0.100. The number of aromatic nitrogens is 3. The van der Waals surface area contributed by atoms with Crippen LogP contribution in [0.1, 0.15) is 48.3 Å². The molecule has 0 unspecified atom stereocenters. The zero-order chi connectivity index (χ0) is 26.0. The number of aryl methyl sites for hydroxylation is 1. The Labute approximate surface area is 220 Å². The molecule has 3 aromatic heterocycles. The number of sulfonamides is 1. The van der Waals surface area contributed by atoms with Crippen LogP contribution < -0.4 is 4.72 Å². The van der Waals surface area contributed by atoms with Gasteiger partial charge in [-0.3, -0.25) is 4.98 Å². The Kier molecular flexibility index (Phi) is 7.12. The van der Waals surface area contributed by atoms with Gasteiger partial charge in [0.25, 0.3) is 10.0 Å². The molecule has 1 amide bonds. The normalized spacial score (nSPS) is 15.1. The van der Waals surface area contributed by atoms with Crippen LogP contribution in [-0.4, -0.2) is 29.0 Å². The van der Waals surface area contributed by atoms with Gasteiger partial charge < -0.3 is 9.30 Å². The van der Waals surface area contributed by atoms with Gasteiger partial charge in [-0.1, -0.05) is 44.2 Å². The number of imidazole rings is 1. The summed E-state index contributed by atoms with van der Waals surface area (Å²) in [4.78, 5) is 21.8. The fourth-order valence-electron chi connectivity index (χ4n) is 4.57. The van der Waals surface area contributed by atoms with E-state index < -0.39 is 16.1 Å². The van der Waals surface area contributed by atoms with Crippen molar-refractivity contribution in [3.8, 4) is 11.1 Å². The van der Waals surface area contributed by atoms with Crippen LogP contribution in [0.15, 0.2) is 71.3 Å². The van der Waals surface area contributed by atoms with Gasteiger partial charge in [0.15, 0.2) is 0 Å². The van der Waals surface area contributed by atoms with E-state index in [0.717, 1.165) is 41.1 Å². The third-order valence-corrected chi connectivity index (χ3v) is 9.23. The third kappa shape index (κ3) is 5.60. The van der Waals surface area contributed by atoms with Gasteiger partial charge in [-0.25, -0.2) is 22.9 Å². The molecule has 0 fully saturated rings. The van der Waals surface area contributed by atoms with Crippen LogP contribution in [0.5, 0.6) is 0 Å². The number of rotatable bonds is 8. The average molecular weight is 537 g/mol. The second-order valence-electron chi connectivity index (χ2n) is 9.44. The number of hydrogen-bond acceptors (Lipinski definition) is 7. The molecule has 0 radical (unpaired) electrons. The molecule has 192 valence electrons. The standard InChI is InChI=1S/C27H28N4O4S2/c1-18(2)15-22-16-23(19-6-8-20(9-7-19)24-10-11-25-29-13-14-31(24)25)26(36-22)37(33,34)30-27(32)35-17-21-5-3-4-12-28-21/h3-9,12-14,16,18,24H,10-11,15,17H2,1-2H3,(H,30,32)/t24-/m0/s1. The van der Waals surface area contributed by atoms with E-state index in [2.05, 4.69) is 33.1 Å². The second kappa shape index (κ2) is 10.5. The van der Waals surface area contributed by atoms with Crippen LogP contribution in [0.3, 0.4) is 0 Å². The van der Waals surface area contributed by atoms with Crippen LogP contribution >= 0.6 is 11.3 Å². The van der Waals surface area contributed by atoms with E-state index in [1.807, 2.05) is 42.7 Å². The van der Waals surface area contributed by atoms with Crippen molar-refractivity contribution in [3.05, 3.63) is 89.1 Å². The molecule has 1 N–H and O–H groups in total. The molecule has 0 aliphatic carbocycles. The monoisotopic (exact) mass is 536 g/mol. The molecule has 0 saturated carbocycles. The van der Waals surface area contributed by atoms with Gasteiger partial charge in [0, 0.05) is 35.5 Å². The van der Waals surface area contributed by atoms with E-state index in [9.17, 15) is 13.2 Å². The van der Waals surface area contributed by atoms with Crippen molar-refractivity contribution in [2.45, 2.75) is 50.0 Å². The molecule has 0 bridgehead atoms. The summed E-state index contributed by atoms with van der Waals surface area (Å²) >= 11 is 1.18. The maximum Gasteiger partial charge on any atom is 0.421 e. The van der Waals surface area contributed by atoms with Crippen LogP contribution in [-0.2, 0) is 34.2 Å². The molecule has 1 aromatic carbocycles. The van der Waals surface area contributed by atoms with Gasteiger partial charge in [-0.2, -0.15) is 0 Å². The Balaban J connectivity index is 1.39. The SMILES string of the molecule is CC(C)Cc1cc(-c2ccc([C@@H]3CCc4nccn43)cc2)c(S(=O)(=O)NC(=O)OCc2ccccn2)s1. The molecular weight excluding hydrogens is 508 g/mol. The molecule has 1 aliphatic rings. The van der Waals surface area contributed by atoms with Gasteiger partial charge in [0.05, 0.1) is 11.7 Å². The molecule has 4 aromatic rings. The van der Waals surface area contributed by atoms with Crippen molar-refractivity contribution in [1.82, 2.24) is 19.3 Å². The smallest absolute Gasteiger partial charge is 0.421 e. The number of thiophene rings is 1. The number of carbonyl (C=O) groups excluding carboxylic acids is 1. The summed E-state index contributed by atoms with van der Waals surface area (Å²) in [6, 6.07) is 15.3. The van der Waals surface area contributed by atoms with Crippen molar-refractivity contribution in [2.75, 3.05) is 0 Å². The Morgan fingerprint density at radius 2 is 1.97 bits per heavy atom. The molecule has 1 aliphatic heterocycles. The number of hydrogen-bond donors (Lipinski definition) is 1. The summed E-state index contributed by atoms with van der Waals surface area (Å²) < 4.78 is 36.1. The van der Waals surface area contributed by atoms with Crippen molar-refractivity contribution in [3.63, 3.8) is 0 Å². The summed E-state index contributed by atoms with van der Waals surface area (Å²) in [5.41, 5.74) is 3.03. The number of amides is 1. The first kappa shape index (κ1) is 25.2. The highest BCUT2D eigenvalue weighted by Crippen LogP contribution is 2.38. The lowest BCUT2D eigenvalue weighted by Crippen LogP contribution is -2.30. The summed E-state index contributed by atoms with van der Waals surface area (Å²) in [6.07, 6.45) is 7.03. The van der Waals surface area contributed by atoms with Crippen molar-refractivity contribution in [1.29, 1.82) is 0 Å². The zero-order valence-corrected chi connectivity index (χ0v) is 22.3. The lowest BCUT2D eigenvalue weighted by Gasteiger charge is -2.14. The third-order valence-electron chi connectivity index (χ3n) is 6.23. The number of fused-ring (bicyclic) bond motifs is 1. The predicted molar refractivity (Wildman–Crippen MR) is 142 cm³/mol. The van der Waals surface area contributed by atoms with Gasteiger partial charge in [0.2, 0.25) is 0 Å². The fraction of sp³-hybridized carbons (Fsp3) is 0.296.